The minimum Gasteiger partial charge on any atom is -0.354 e. The number of nitrogens with one attached hydrogen (secondary N) is 1. The Labute approximate surface area is 239 Å². The van der Waals surface area contributed by atoms with Crippen molar-refractivity contribution in [1.29, 1.82) is 0 Å². The van der Waals surface area contributed by atoms with Crippen molar-refractivity contribution in [2.24, 2.45) is 5.92 Å². The van der Waals surface area contributed by atoms with Crippen LogP contribution < -0.4 is 9.62 Å². The Bertz CT molecular complexity index is 1380. The second kappa shape index (κ2) is 13.6. The molecule has 0 aliphatic carbocycles. The largest absolute Gasteiger partial charge is 0.354 e. The van der Waals surface area contributed by atoms with Crippen LogP contribution in [0.3, 0.4) is 0 Å². The summed E-state index contributed by atoms with van der Waals surface area (Å²) >= 11 is 0. The molecule has 3 rings (SSSR count). The predicted octanol–water partition coefficient (Wildman–Crippen LogP) is 5.39. The highest BCUT2D eigenvalue weighted by atomic mass is 32.2. The van der Waals surface area contributed by atoms with Crippen LogP contribution in [-0.4, -0.2) is 44.3 Å². The quantitative estimate of drug-likeness (QED) is 0.320. The summed E-state index contributed by atoms with van der Waals surface area (Å²) in [4.78, 5) is 29.0. The molecule has 0 unspecified atom stereocenters. The minimum atomic E-state index is -4.08. The van der Waals surface area contributed by atoms with E-state index in [0.29, 0.717) is 18.7 Å². The second-order valence-corrected chi connectivity index (χ2v) is 12.6. The third kappa shape index (κ3) is 7.94. The molecule has 0 spiro atoms. The van der Waals surface area contributed by atoms with Crippen LogP contribution in [0, 0.1) is 26.7 Å². The third-order valence-electron chi connectivity index (χ3n) is 6.65. The SMILES string of the molecule is CC[C@@H](C(=O)NCC(C)C)N(Cc1ccc(C)cc1)C(=O)CN(c1cc(C)cc(C)c1)S(=O)(=O)c1ccccc1. The lowest BCUT2D eigenvalue weighted by Gasteiger charge is -2.33. The Balaban J connectivity index is 2.06. The van der Waals surface area contributed by atoms with Crippen LogP contribution in [0.5, 0.6) is 0 Å². The highest BCUT2D eigenvalue weighted by Crippen LogP contribution is 2.27. The molecule has 0 bridgehead atoms. The number of amides is 2. The van der Waals surface area contributed by atoms with Gasteiger partial charge in [0, 0.05) is 13.1 Å². The molecule has 0 aromatic heterocycles. The van der Waals surface area contributed by atoms with Crippen LogP contribution in [0.15, 0.2) is 77.7 Å². The number of carbonyl (C=O) groups is 2. The molecule has 1 N–H and O–H groups in total. The van der Waals surface area contributed by atoms with Gasteiger partial charge >= 0.3 is 0 Å². The average molecular weight is 564 g/mol. The van der Waals surface area contributed by atoms with Gasteiger partial charge in [-0.05, 0) is 74.1 Å². The van der Waals surface area contributed by atoms with Crippen molar-refractivity contribution in [3.8, 4) is 0 Å². The van der Waals surface area contributed by atoms with E-state index in [1.54, 1.807) is 30.3 Å². The highest BCUT2D eigenvalue weighted by Gasteiger charge is 2.33. The van der Waals surface area contributed by atoms with E-state index in [1.165, 1.54) is 17.0 Å². The second-order valence-electron chi connectivity index (χ2n) is 10.7. The Hall–Kier alpha value is -3.65. The van der Waals surface area contributed by atoms with Gasteiger partial charge in [-0.2, -0.15) is 0 Å². The maximum atomic E-state index is 14.1. The molecule has 7 nitrogen and oxygen atoms in total. The molecule has 0 aliphatic heterocycles. The van der Waals surface area contributed by atoms with Crippen LogP contribution in [0.1, 0.15) is 49.4 Å². The number of carbonyl (C=O) groups excluding carboxylic acids is 2. The number of nitrogens with zero attached hydrogens (tertiary/aromatic N) is 2. The zero-order valence-corrected chi connectivity index (χ0v) is 25.2. The molecular weight excluding hydrogens is 522 g/mol. The van der Waals surface area contributed by atoms with Crippen LogP contribution in [0.4, 0.5) is 5.69 Å². The zero-order chi connectivity index (χ0) is 29.4. The van der Waals surface area contributed by atoms with Crippen molar-refractivity contribution in [3.05, 3.63) is 95.1 Å². The summed E-state index contributed by atoms with van der Waals surface area (Å²) < 4.78 is 29.0. The Morgan fingerprint density at radius 3 is 2.00 bits per heavy atom. The number of rotatable bonds is 12. The molecule has 2 amide bonds. The van der Waals surface area contributed by atoms with Gasteiger partial charge in [-0.25, -0.2) is 8.42 Å². The molecule has 3 aromatic rings. The van der Waals surface area contributed by atoms with Gasteiger partial charge in [0.25, 0.3) is 10.0 Å². The first-order chi connectivity index (χ1) is 18.9. The van der Waals surface area contributed by atoms with Gasteiger partial charge in [-0.15, -0.1) is 0 Å². The van der Waals surface area contributed by atoms with E-state index in [0.717, 1.165) is 26.6 Å². The van der Waals surface area contributed by atoms with Gasteiger partial charge in [-0.1, -0.05) is 74.9 Å². The van der Waals surface area contributed by atoms with E-state index >= 15 is 0 Å². The topological polar surface area (TPSA) is 86.8 Å². The summed E-state index contributed by atoms with van der Waals surface area (Å²) in [5.41, 5.74) is 4.11. The summed E-state index contributed by atoms with van der Waals surface area (Å²) in [5, 5.41) is 2.95. The molecule has 0 radical (unpaired) electrons. The summed E-state index contributed by atoms with van der Waals surface area (Å²) in [5.74, 6) is -0.454. The standard InChI is InChI=1S/C32H41N3O4S/c1-7-30(32(37)33-20-23(2)3)34(21-27-15-13-24(4)14-16-27)31(36)22-35(28-18-25(5)17-26(6)19-28)40(38,39)29-11-9-8-10-12-29/h8-19,23,30H,7,20-22H2,1-6H3,(H,33,37)/t30-/m0/s1. The van der Waals surface area contributed by atoms with E-state index in [4.69, 9.17) is 0 Å². The maximum absolute atomic E-state index is 14.1. The van der Waals surface area contributed by atoms with E-state index in [1.807, 2.05) is 71.9 Å². The van der Waals surface area contributed by atoms with Gasteiger partial charge in [-0.3, -0.25) is 13.9 Å². The number of aryl methyl sites for hydroxylation is 3. The fraction of sp³-hybridized carbons (Fsp3) is 0.375. The molecule has 1 atom stereocenters. The molecule has 0 fully saturated rings. The van der Waals surface area contributed by atoms with Gasteiger partial charge in [0.05, 0.1) is 10.6 Å². The predicted molar refractivity (Wildman–Crippen MR) is 161 cm³/mol. The summed E-state index contributed by atoms with van der Waals surface area (Å²) in [7, 11) is -4.08. The Morgan fingerprint density at radius 2 is 1.45 bits per heavy atom. The van der Waals surface area contributed by atoms with Crippen molar-refractivity contribution in [2.75, 3.05) is 17.4 Å². The lowest BCUT2D eigenvalue weighted by Crippen LogP contribution is -2.52. The van der Waals surface area contributed by atoms with Gasteiger partial charge < -0.3 is 10.2 Å². The summed E-state index contributed by atoms with van der Waals surface area (Å²) in [6, 6.07) is 20.6. The Morgan fingerprint density at radius 1 is 0.850 bits per heavy atom. The molecule has 0 saturated heterocycles. The van der Waals surface area contributed by atoms with Crippen LogP contribution in [0.25, 0.3) is 0 Å². The Kier molecular flexibility index (Phi) is 10.5. The highest BCUT2D eigenvalue weighted by molar-refractivity contribution is 7.92. The van der Waals surface area contributed by atoms with Crippen LogP contribution >= 0.6 is 0 Å². The zero-order valence-electron chi connectivity index (χ0n) is 24.3. The summed E-state index contributed by atoms with van der Waals surface area (Å²) in [6.45, 7) is 11.9. The molecule has 3 aromatic carbocycles. The van der Waals surface area contributed by atoms with Gasteiger partial charge in [0.2, 0.25) is 11.8 Å². The van der Waals surface area contributed by atoms with Crippen molar-refractivity contribution in [2.45, 2.75) is 65.4 Å². The fourth-order valence-electron chi connectivity index (χ4n) is 4.58. The van der Waals surface area contributed by atoms with Crippen molar-refractivity contribution >= 4 is 27.5 Å². The molecule has 40 heavy (non-hydrogen) atoms. The molecule has 0 aliphatic rings. The number of sulfonamides is 1. The number of hydrogen-bond acceptors (Lipinski definition) is 4. The van der Waals surface area contributed by atoms with Crippen molar-refractivity contribution < 1.29 is 18.0 Å². The lowest BCUT2D eigenvalue weighted by atomic mass is 10.1. The van der Waals surface area contributed by atoms with Crippen molar-refractivity contribution in [3.63, 3.8) is 0 Å². The van der Waals surface area contributed by atoms with Crippen molar-refractivity contribution in [1.82, 2.24) is 10.2 Å². The third-order valence-corrected chi connectivity index (χ3v) is 8.44. The molecule has 8 heteroatoms. The molecule has 0 saturated carbocycles. The van der Waals surface area contributed by atoms with E-state index < -0.39 is 28.5 Å². The van der Waals surface area contributed by atoms with Gasteiger partial charge in [0.1, 0.15) is 12.6 Å². The lowest BCUT2D eigenvalue weighted by molar-refractivity contribution is -0.140. The smallest absolute Gasteiger partial charge is 0.264 e. The number of benzene rings is 3. The monoisotopic (exact) mass is 563 g/mol. The molecular formula is C32H41N3O4S. The summed E-state index contributed by atoms with van der Waals surface area (Å²) in [6.07, 6.45) is 0.385. The fourth-order valence-corrected chi connectivity index (χ4v) is 5.99. The minimum absolute atomic E-state index is 0.0914. The van der Waals surface area contributed by atoms with E-state index in [2.05, 4.69) is 5.32 Å². The number of hydrogen-bond donors (Lipinski definition) is 1. The van der Waals surface area contributed by atoms with Gasteiger partial charge in [0.15, 0.2) is 0 Å². The number of anilines is 1. The first kappa shape index (κ1) is 30.9. The first-order valence-corrected chi connectivity index (χ1v) is 15.1. The first-order valence-electron chi connectivity index (χ1n) is 13.7. The molecule has 0 heterocycles. The van der Waals surface area contributed by atoms with E-state index in [-0.39, 0.29) is 23.3 Å². The van der Waals surface area contributed by atoms with E-state index in [9.17, 15) is 18.0 Å². The maximum Gasteiger partial charge on any atom is 0.264 e. The van der Waals surface area contributed by atoms with Crippen LogP contribution in [-0.2, 0) is 26.2 Å². The normalized spacial score (nSPS) is 12.2. The molecule has 214 valence electrons. The average Bonchev–Trinajstić information content (AvgIpc) is 2.91. The van der Waals surface area contributed by atoms with Crippen LogP contribution in [0.2, 0.25) is 0 Å².